The molecular weight excluding hydrogens is 462 g/mol. The van der Waals surface area contributed by atoms with Crippen LogP contribution in [-0.4, -0.2) is 44.1 Å². The van der Waals surface area contributed by atoms with Crippen LogP contribution in [-0.2, 0) is 4.79 Å². The maximum absolute atomic E-state index is 13.2. The average molecular weight is 494 g/mol. The zero-order valence-electron chi connectivity index (χ0n) is 16.5. The largest absolute Gasteiger partial charge is 0.489 e. The van der Waals surface area contributed by atoms with Crippen LogP contribution in [0.1, 0.15) is 40.0 Å². The van der Waals surface area contributed by atoms with E-state index in [1.54, 1.807) is 19.2 Å². The molecule has 1 aromatic rings. The monoisotopic (exact) mass is 494 g/mol. The van der Waals surface area contributed by atoms with E-state index in [0.29, 0.717) is 31.2 Å². The highest BCUT2D eigenvalue weighted by molar-refractivity contribution is 14.0. The van der Waals surface area contributed by atoms with Crippen molar-refractivity contribution >= 4 is 35.8 Å². The molecule has 0 fully saturated rings. The van der Waals surface area contributed by atoms with Crippen LogP contribution in [0.3, 0.4) is 0 Å². The SMILES string of the molecule is CCC(C)NC(=O)CCNC(=NC)NCC(CC)Oc1cccc(F)c1.I. The summed E-state index contributed by atoms with van der Waals surface area (Å²) in [6.07, 6.45) is 1.93. The molecule has 0 aliphatic heterocycles. The fraction of sp³-hybridized carbons (Fsp3) is 0.579. The predicted octanol–water partition coefficient (Wildman–Crippen LogP) is 3.07. The highest BCUT2D eigenvalue weighted by atomic mass is 127. The van der Waals surface area contributed by atoms with Crippen molar-refractivity contribution in [3.05, 3.63) is 30.1 Å². The van der Waals surface area contributed by atoms with Gasteiger partial charge in [0.2, 0.25) is 5.91 Å². The number of nitrogens with zero attached hydrogens (tertiary/aromatic N) is 1. The van der Waals surface area contributed by atoms with E-state index in [9.17, 15) is 9.18 Å². The number of aliphatic imine (C=N–C) groups is 1. The third-order valence-corrected chi connectivity index (χ3v) is 3.94. The summed E-state index contributed by atoms with van der Waals surface area (Å²) in [4.78, 5) is 15.9. The number of guanidine groups is 1. The topological polar surface area (TPSA) is 74.8 Å². The average Bonchev–Trinajstić information content (AvgIpc) is 2.63. The van der Waals surface area contributed by atoms with E-state index in [0.717, 1.165) is 12.8 Å². The molecule has 27 heavy (non-hydrogen) atoms. The van der Waals surface area contributed by atoms with Crippen LogP contribution >= 0.6 is 24.0 Å². The van der Waals surface area contributed by atoms with Crippen molar-refractivity contribution < 1.29 is 13.9 Å². The van der Waals surface area contributed by atoms with E-state index < -0.39 is 0 Å². The molecule has 0 aliphatic rings. The number of rotatable bonds is 10. The summed E-state index contributed by atoms with van der Waals surface area (Å²) in [7, 11) is 1.67. The second-order valence-corrected chi connectivity index (χ2v) is 6.11. The molecule has 0 aliphatic carbocycles. The molecule has 0 radical (unpaired) electrons. The van der Waals surface area contributed by atoms with Gasteiger partial charge in [0.25, 0.3) is 0 Å². The number of hydrogen-bond donors (Lipinski definition) is 3. The molecule has 0 aromatic heterocycles. The van der Waals surface area contributed by atoms with Crippen LogP contribution < -0.4 is 20.7 Å². The van der Waals surface area contributed by atoms with Crippen LogP contribution in [0.4, 0.5) is 4.39 Å². The van der Waals surface area contributed by atoms with E-state index in [1.165, 1.54) is 12.1 Å². The lowest BCUT2D eigenvalue weighted by Crippen LogP contribution is -2.43. The van der Waals surface area contributed by atoms with Gasteiger partial charge in [0, 0.05) is 32.1 Å². The van der Waals surface area contributed by atoms with Gasteiger partial charge in [-0.3, -0.25) is 9.79 Å². The molecule has 3 N–H and O–H groups in total. The van der Waals surface area contributed by atoms with Gasteiger partial charge in [-0.2, -0.15) is 0 Å². The second kappa shape index (κ2) is 14.5. The Bertz CT molecular complexity index is 587. The number of amides is 1. The minimum absolute atomic E-state index is 0. The third kappa shape index (κ3) is 11.0. The van der Waals surface area contributed by atoms with Crippen LogP contribution in [0, 0.1) is 5.82 Å². The smallest absolute Gasteiger partial charge is 0.221 e. The standard InChI is InChI=1S/C19H31FN4O2.HI/c1-5-14(3)24-18(25)10-11-22-19(21-4)23-13-16(6-2)26-17-9-7-8-15(20)12-17;/h7-9,12,14,16H,5-6,10-11,13H2,1-4H3,(H,24,25)(H2,21,22,23);1H. The highest BCUT2D eigenvalue weighted by Crippen LogP contribution is 2.14. The van der Waals surface area contributed by atoms with Gasteiger partial charge in [0.15, 0.2) is 5.96 Å². The van der Waals surface area contributed by atoms with Gasteiger partial charge in [-0.25, -0.2) is 4.39 Å². The summed E-state index contributed by atoms with van der Waals surface area (Å²) in [6, 6.07) is 6.29. The summed E-state index contributed by atoms with van der Waals surface area (Å²) in [5.74, 6) is 0.799. The molecule has 2 unspecified atom stereocenters. The van der Waals surface area contributed by atoms with Crippen molar-refractivity contribution in [1.82, 2.24) is 16.0 Å². The molecule has 0 bridgehead atoms. The Hall–Kier alpha value is -1.58. The van der Waals surface area contributed by atoms with E-state index in [1.807, 2.05) is 20.8 Å². The molecular formula is C19H32FIN4O2. The van der Waals surface area contributed by atoms with Gasteiger partial charge in [-0.1, -0.05) is 19.9 Å². The number of hydrogen-bond acceptors (Lipinski definition) is 3. The van der Waals surface area contributed by atoms with E-state index in [2.05, 4.69) is 20.9 Å². The van der Waals surface area contributed by atoms with Gasteiger partial charge in [0.1, 0.15) is 17.7 Å². The molecule has 0 saturated heterocycles. The lowest BCUT2D eigenvalue weighted by Gasteiger charge is -2.20. The first-order chi connectivity index (χ1) is 12.5. The Morgan fingerprint density at radius 3 is 2.59 bits per heavy atom. The van der Waals surface area contributed by atoms with Gasteiger partial charge in [-0.15, -0.1) is 24.0 Å². The zero-order valence-corrected chi connectivity index (χ0v) is 18.9. The number of carbonyl (C=O) groups excluding carboxylic acids is 1. The molecule has 1 aromatic carbocycles. The molecule has 1 amide bonds. The first-order valence-corrected chi connectivity index (χ1v) is 9.14. The first kappa shape index (κ1) is 25.4. The molecule has 2 atom stereocenters. The Morgan fingerprint density at radius 1 is 1.26 bits per heavy atom. The van der Waals surface area contributed by atoms with Gasteiger partial charge in [0.05, 0.1) is 6.54 Å². The highest BCUT2D eigenvalue weighted by Gasteiger charge is 2.10. The van der Waals surface area contributed by atoms with Crippen molar-refractivity contribution in [2.75, 3.05) is 20.1 Å². The fourth-order valence-corrected chi connectivity index (χ4v) is 2.18. The lowest BCUT2D eigenvalue weighted by molar-refractivity contribution is -0.121. The zero-order chi connectivity index (χ0) is 19.4. The van der Waals surface area contributed by atoms with Crippen molar-refractivity contribution in [2.45, 2.75) is 52.2 Å². The summed E-state index contributed by atoms with van der Waals surface area (Å²) < 4.78 is 19.0. The Balaban J connectivity index is 0.00000676. The van der Waals surface area contributed by atoms with E-state index >= 15 is 0 Å². The Morgan fingerprint density at radius 2 is 2.00 bits per heavy atom. The summed E-state index contributed by atoms with van der Waals surface area (Å²) in [6.45, 7) is 7.02. The van der Waals surface area contributed by atoms with Crippen LogP contribution in [0.5, 0.6) is 5.75 Å². The van der Waals surface area contributed by atoms with E-state index in [-0.39, 0.29) is 47.8 Å². The summed E-state index contributed by atoms with van der Waals surface area (Å²) in [5.41, 5.74) is 0. The molecule has 0 spiro atoms. The summed E-state index contributed by atoms with van der Waals surface area (Å²) >= 11 is 0. The minimum Gasteiger partial charge on any atom is -0.489 e. The minimum atomic E-state index is -0.321. The number of nitrogens with one attached hydrogen (secondary N) is 3. The van der Waals surface area contributed by atoms with Crippen molar-refractivity contribution in [3.63, 3.8) is 0 Å². The van der Waals surface area contributed by atoms with Gasteiger partial charge >= 0.3 is 0 Å². The number of carbonyl (C=O) groups is 1. The first-order valence-electron chi connectivity index (χ1n) is 9.14. The maximum Gasteiger partial charge on any atom is 0.221 e. The normalized spacial score (nSPS) is 13.1. The maximum atomic E-state index is 13.2. The van der Waals surface area contributed by atoms with Gasteiger partial charge in [-0.05, 0) is 31.9 Å². The molecule has 1 rings (SSSR count). The molecule has 6 nitrogen and oxygen atoms in total. The Kier molecular flexibility index (Phi) is 13.6. The molecule has 0 heterocycles. The predicted molar refractivity (Wildman–Crippen MR) is 118 cm³/mol. The second-order valence-electron chi connectivity index (χ2n) is 6.11. The van der Waals surface area contributed by atoms with Gasteiger partial charge < -0.3 is 20.7 Å². The lowest BCUT2D eigenvalue weighted by atomic mass is 10.2. The fourth-order valence-electron chi connectivity index (χ4n) is 2.18. The number of ether oxygens (including phenoxy) is 1. The quantitative estimate of drug-likeness (QED) is 0.266. The van der Waals surface area contributed by atoms with Crippen molar-refractivity contribution in [2.24, 2.45) is 4.99 Å². The number of halogens is 2. The van der Waals surface area contributed by atoms with Crippen molar-refractivity contribution in [3.8, 4) is 5.75 Å². The molecule has 8 heteroatoms. The molecule has 154 valence electrons. The van der Waals surface area contributed by atoms with Crippen LogP contribution in [0.25, 0.3) is 0 Å². The summed E-state index contributed by atoms with van der Waals surface area (Å²) in [5, 5.41) is 9.20. The molecule has 0 saturated carbocycles. The third-order valence-electron chi connectivity index (χ3n) is 3.94. The van der Waals surface area contributed by atoms with Crippen molar-refractivity contribution in [1.29, 1.82) is 0 Å². The number of benzene rings is 1. The van der Waals surface area contributed by atoms with Crippen LogP contribution in [0.2, 0.25) is 0 Å². The Labute approximate surface area is 178 Å². The van der Waals surface area contributed by atoms with E-state index in [4.69, 9.17) is 4.74 Å². The van der Waals surface area contributed by atoms with Crippen LogP contribution in [0.15, 0.2) is 29.3 Å².